The third-order valence-corrected chi connectivity index (χ3v) is 2.83. The van der Waals surface area contributed by atoms with Gasteiger partial charge in [-0.3, -0.25) is 0 Å². The molecule has 1 aliphatic heterocycles. The monoisotopic (exact) mass is 284 g/mol. The Hall–Kier alpha value is -2.18. The molecule has 0 aliphatic carbocycles. The van der Waals surface area contributed by atoms with Gasteiger partial charge in [0.05, 0.1) is 0 Å². The van der Waals surface area contributed by atoms with E-state index in [2.05, 4.69) is 5.32 Å². The van der Waals surface area contributed by atoms with Gasteiger partial charge in [0.15, 0.2) is 11.6 Å². The highest BCUT2D eigenvalue weighted by Gasteiger charge is 2.39. The van der Waals surface area contributed by atoms with Crippen molar-refractivity contribution in [1.82, 2.24) is 10.2 Å². The van der Waals surface area contributed by atoms with Crippen molar-refractivity contribution in [3.05, 3.63) is 35.4 Å². The summed E-state index contributed by atoms with van der Waals surface area (Å²) >= 11 is 0. The van der Waals surface area contributed by atoms with Crippen molar-refractivity contribution in [2.45, 2.75) is 25.9 Å². The van der Waals surface area contributed by atoms with Crippen LogP contribution >= 0.6 is 0 Å². The standard InChI is InChI=1S/C13H14F2N2O3/c1-7(2)16-12(18)17-11(6-20-13(17)19)8-3-4-9(14)10(15)5-8/h3-5,7,11H,6H2,1-2H3,(H,16,18)/t11-/m1/s1. The third kappa shape index (κ3) is 2.71. The van der Waals surface area contributed by atoms with Crippen LogP contribution in [-0.2, 0) is 4.74 Å². The number of nitrogens with one attached hydrogen (secondary N) is 1. The molecule has 2 rings (SSSR count). The van der Waals surface area contributed by atoms with E-state index in [1.165, 1.54) is 6.07 Å². The first-order valence-electron chi connectivity index (χ1n) is 6.11. The van der Waals surface area contributed by atoms with Gasteiger partial charge in [0.25, 0.3) is 0 Å². The average Bonchev–Trinajstić information content (AvgIpc) is 2.74. The molecule has 1 aromatic rings. The number of hydrogen-bond donors (Lipinski definition) is 1. The number of carbonyl (C=O) groups excluding carboxylic acids is 2. The number of amides is 3. The van der Waals surface area contributed by atoms with Crippen LogP contribution in [0.2, 0.25) is 0 Å². The van der Waals surface area contributed by atoms with E-state index >= 15 is 0 Å². The van der Waals surface area contributed by atoms with E-state index in [1.807, 2.05) is 0 Å². The second-order valence-electron chi connectivity index (χ2n) is 4.74. The van der Waals surface area contributed by atoms with Crippen LogP contribution in [0.3, 0.4) is 0 Å². The zero-order valence-electron chi connectivity index (χ0n) is 11.0. The molecule has 1 fully saturated rings. The maximum atomic E-state index is 13.2. The molecule has 1 N–H and O–H groups in total. The molecule has 0 radical (unpaired) electrons. The Kier molecular flexibility index (Phi) is 3.87. The summed E-state index contributed by atoms with van der Waals surface area (Å²) in [5.74, 6) is -2.02. The van der Waals surface area contributed by atoms with Crippen LogP contribution in [0.5, 0.6) is 0 Å². The molecule has 1 aromatic carbocycles. The number of ether oxygens (including phenoxy) is 1. The minimum absolute atomic E-state index is 0.0879. The molecule has 1 atom stereocenters. The fourth-order valence-electron chi connectivity index (χ4n) is 1.93. The van der Waals surface area contributed by atoms with Crippen LogP contribution in [-0.4, -0.2) is 29.7 Å². The Bertz CT molecular complexity index is 548. The minimum atomic E-state index is -1.04. The maximum Gasteiger partial charge on any atom is 0.418 e. The molecule has 108 valence electrons. The smallest absolute Gasteiger partial charge is 0.418 e. The van der Waals surface area contributed by atoms with E-state index in [1.54, 1.807) is 13.8 Å². The van der Waals surface area contributed by atoms with E-state index in [4.69, 9.17) is 4.74 Å². The van der Waals surface area contributed by atoms with Crippen LogP contribution in [0, 0.1) is 11.6 Å². The molecule has 7 heteroatoms. The first kappa shape index (κ1) is 14.2. The van der Waals surface area contributed by atoms with E-state index < -0.39 is 29.8 Å². The van der Waals surface area contributed by atoms with E-state index in [-0.39, 0.29) is 12.6 Å². The molecular weight excluding hydrogens is 270 g/mol. The molecule has 1 aliphatic rings. The van der Waals surface area contributed by atoms with Gasteiger partial charge in [-0.15, -0.1) is 0 Å². The SMILES string of the molecule is CC(C)NC(=O)N1C(=O)OC[C@@H]1c1ccc(F)c(F)c1. The largest absolute Gasteiger partial charge is 0.446 e. The molecule has 5 nitrogen and oxygen atoms in total. The van der Waals surface area contributed by atoms with Crippen molar-refractivity contribution in [1.29, 1.82) is 0 Å². The second kappa shape index (κ2) is 5.44. The van der Waals surface area contributed by atoms with Gasteiger partial charge >= 0.3 is 12.1 Å². The van der Waals surface area contributed by atoms with Crippen molar-refractivity contribution in [2.24, 2.45) is 0 Å². The van der Waals surface area contributed by atoms with Crippen LogP contribution in [0.15, 0.2) is 18.2 Å². The number of imide groups is 1. The Morgan fingerprint density at radius 2 is 2.10 bits per heavy atom. The number of benzene rings is 1. The summed E-state index contributed by atoms with van der Waals surface area (Å²) in [4.78, 5) is 24.4. The maximum absolute atomic E-state index is 13.2. The second-order valence-corrected chi connectivity index (χ2v) is 4.74. The van der Waals surface area contributed by atoms with Gasteiger partial charge in [-0.1, -0.05) is 6.07 Å². The summed E-state index contributed by atoms with van der Waals surface area (Å²) < 4.78 is 31.0. The lowest BCUT2D eigenvalue weighted by atomic mass is 10.1. The average molecular weight is 284 g/mol. The quantitative estimate of drug-likeness (QED) is 0.908. The predicted octanol–water partition coefficient (Wildman–Crippen LogP) is 2.58. The van der Waals surface area contributed by atoms with Crippen molar-refractivity contribution in [2.75, 3.05) is 6.61 Å². The summed E-state index contributed by atoms with van der Waals surface area (Å²) in [6, 6.07) is 1.67. The van der Waals surface area contributed by atoms with Gasteiger partial charge in [-0.05, 0) is 31.5 Å². The van der Waals surface area contributed by atoms with Crippen molar-refractivity contribution >= 4 is 12.1 Å². The summed E-state index contributed by atoms with van der Waals surface area (Å²) in [5.41, 5.74) is 0.300. The number of urea groups is 1. The van der Waals surface area contributed by atoms with Gasteiger partial charge in [-0.25, -0.2) is 23.3 Å². The first-order valence-corrected chi connectivity index (χ1v) is 6.11. The molecule has 3 amide bonds. The summed E-state index contributed by atoms with van der Waals surface area (Å²) in [7, 11) is 0. The van der Waals surface area contributed by atoms with Crippen molar-refractivity contribution in [3.8, 4) is 0 Å². The van der Waals surface area contributed by atoms with E-state index in [0.717, 1.165) is 17.0 Å². The molecule has 1 saturated heterocycles. The number of rotatable bonds is 2. The lowest BCUT2D eigenvalue weighted by Gasteiger charge is -2.21. The highest BCUT2D eigenvalue weighted by atomic mass is 19.2. The number of hydrogen-bond acceptors (Lipinski definition) is 3. The Morgan fingerprint density at radius 1 is 1.40 bits per heavy atom. The Morgan fingerprint density at radius 3 is 2.70 bits per heavy atom. The van der Waals surface area contributed by atoms with Crippen molar-refractivity contribution in [3.63, 3.8) is 0 Å². The molecule has 0 unspecified atom stereocenters. The van der Waals surface area contributed by atoms with E-state index in [0.29, 0.717) is 5.56 Å². The van der Waals surface area contributed by atoms with Gasteiger partial charge in [0, 0.05) is 6.04 Å². The summed E-state index contributed by atoms with van der Waals surface area (Å²) in [5, 5.41) is 2.56. The third-order valence-electron chi connectivity index (χ3n) is 2.83. The van der Waals surface area contributed by atoms with Crippen LogP contribution < -0.4 is 5.32 Å². The van der Waals surface area contributed by atoms with Crippen LogP contribution in [0.1, 0.15) is 25.5 Å². The van der Waals surface area contributed by atoms with Gasteiger partial charge in [0.1, 0.15) is 12.6 Å². The fourth-order valence-corrected chi connectivity index (χ4v) is 1.93. The Labute approximate surface area is 114 Å². The number of halogens is 2. The zero-order chi connectivity index (χ0) is 14.9. The fraction of sp³-hybridized carbons (Fsp3) is 0.385. The molecule has 0 bridgehead atoms. The minimum Gasteiger partial charge on any atom is -0.446 e. The van der Waals surface area contributed by atoms with Gasteiger partial charge in [0.2, 0.25) is 0 Å². The molecule has 0 aromatic heterocycles. The predicted molar refractivity (Wildman–Crippen MR) is 66.0 cm³/mol. The topological polar surface area (TPSA) is 58.6 Å². The molecule has 20 heavy (non-hydrogen) atoms. The lowest BCUT2D eigenvalue weighted by molar-refractivity contribution is 0.157. The van der Waals surface area contributed by atoms with Crippen molar-refractivity contribution < 1.29 is 23.1 Å². The number of cyclic esters (lactones) is 1. The lowest BCUT2D eigenvalue weighted by Crippen LogP contribution is -2.44. The summed E-state index contributed by atoms with van der Waals surface area (Å²) in [6.07, 6.45) is -0.808. The number of nitrogens with zero attached hydrogens (tertiary/aromatic N) is 1. The number of carbonyl (C=O) groups is 2. The summed E-state index contributed by atoms with van der Waals surface area (Å²) in [6.45, 7) is 3.40. The van der Waals surface area contributed by atoms with Crippen LogP contribution in [0.25, 0.3) is 0 Å². The molecule has 1 heterocycles. The molecular formula is C13H14F2N2O3. The highest BCUT2D eigenvalue weighted by molar-refractivity contribution is 5.92. The molecule has 0 spiro atoms. The first-order chi connectivity index (χ1) is 9.40. The van der Waals surface area contributed by atoms with E-state index in [9.17, 15) is 18.4 Å². The highest BCUT2D eigenvalue weighted by Crippen LogP contribution is 2.28. The zero-order valence-corrected chi connectivity index (χ0v) is 11.0. The van der Waals surface area contributed by atoms with Crippen LogP contribution in [0.4, 0.5) is 18.4 Å². The Balaban J connectivity index is 2.27. The van der Waals surface area contributed by atoms with Gasteiger partial charge in [-0.2, -0.15) is 0 Å². The van der Waals surface area contributed by atoms with Gasteiger partial charge < -0.3 is 10.1 Å². The molecule has 0 saturated carbocycles. The normalized spacial score (nSPS) is 18.4.